The third kappa shape index (κ3) is 3.60. The number of amides is 1. The molecule has 2 N–H and O–H groups in total. The maximum absolute atomic E-state index is 12.0. The predicted octanol–water partition coefficient (Wildman–Crippen LogP) is 2.25. The number of carboxylic acid groups (broad SMARTS) is 1. The van der Waals surface area contributed by atoms with Crippen molar-refractivity contribution in [1.82, 2.24) is 9.88 Å². The average Bonchev–Trinajstić information content (AvgIpc) is 2.67. The van der Waals surface area contributed by atoms with Crippen LogP contribution in [0.5, 0.6) is 0 Å². The second kappa shape index (κ2) is 6.58. The first-order valence-electron chi connectivity index (χ1n) is 5.88. The first-order chi connectivity index (χ1) is 8.49. The lowest BCUT2D eigenvalue weighted by Gasteiger charge is -2.13. The van der Waals surface area contributed by atoms with E-state index >= 15 is 0 Å². The maximum Gasteiger partial charge on any atom is 0.326 e. The normalized spacial score (nSPS) is 12.2. The Hall–Kier alpha value is -1.30. The number of hydrogen-bond donors (Lipinski definition) is 2. The molecule has 0 saturated heterocycles. The zero-order valence-corrected chi connectivity index (χ0v) is 12.0. The van der Waals surface area contributed by atoms with E-state index in [0.29, 0.717) is 12.1 Å². The van der Waals surface area contributed by atoms with E-state index in [4.69, 9.17) is 5.11 Å². The van der Waals surface area contributed by atoms with Gasteiger partial charge in [0.15, 0.2) is 0 Å². The summed E-state index contributed by atoms with van der Waals surface area (Å²) in [7, 11) is 0. The van der Waals surface area contributed by atoms with Crippen LogP contribution in [0.1, 0.15) is 37.2 Å². The van der Waals surface area contributed by atoms with Gasteiger partial charge in [-0.25, -0.2) is 4.79 Å². The molecule has 0 aromatic carbocycles. The molecule has 0 spiro atoms. The van der Waals surface area contributed by atoms with Crippen LogP contribution < -0.4 is 5.32 Å². The molecule has 6 heteroatoms. The summed E-state index contributed by atoms with van der Waals surface area (Å²) in [6, 6.07) is 0.848. The zero-order valence-electron chi connectivity index (χ0n) is 10.4. The van der Waals surface area contributed by atoms with Gasteiger partial charge in [-0.05, 0) is 34.8 Å². The van der Waals surface area contributed by atoms with Crippen molar-refractivity contribution in [3.8, 4) is 0 Å². The van der Waals surface area contributed by atoms with Crippen LogP contribution in [0.3, 0.4) is 0 Å². The average molecular weight is 317 g/mol. The van der Waals surface area contributed by atoms with Crippen LogP contribution >= 0.6 is 15.9 Å². The summed E-state index contributed by atoms with van der Waals surface area (Å²) in [5.74, 6) is -1.37. The van der Waals surface area contributed by atoms with E-state index in [-0.39, 0.29) is 5.91 Å². The van der Waals surface area contributed by atoms with Crippen molar-refractivity contribution >= 4 is 27.8 Å². The summed E-state index contributed by atoms with van der Waals surface area (Å²) >= 11 is 3.32. The van der Waals surface area contributed by atoms with E-state index in [1.54, 1.807) is 13.0 Å². The van der Waals surface area contributed by atoms with Gasteiger partial charge in [0.25, 0.3) is 5.91 Å². The topological polar surface area (TPSA) is 71.3 Å². The fraction of sp³-hybridized carbons (Fsp3) is 0.500. The van der Waals surface area contributed by atoms with Gasteiger partial charge in [0.2, 0.25) is 0 Å². The predicted molar refractivity (Wildman–Crippen MR) is 71.6 cm³/mol. The highest BCUT2D eigenvalue weighted by Gasteiger charge is 2.20. The van der Waals surface area contributed by atoms with E-state index in [1.807, 2.05) is 17.7 Å². The second-order valence-electron chi connectivity index (χ2n) is 4.01. The molecule has 0 saturated carbocycles. The monoisotopic (exact) mass is 316 g/mol. The maximum atomic E-state index is 12.0. The van der Waals surface area contributed by atoms with Crippen molar-refractivity contribution in [1.29, 1.82) is 0 Å². The SMILES string of the molecule is CCCn1cc(Br)cc1C(=O)N[C@@H](CC)C(=O)O. The summed E-state index contributed by atoms with van der Waals surface area (Å²) < 4.78 is 2.62. The van der Waals surface area contributed by atoms with Gasteiger partial charge < -0.3 is 15.0 Å². The molecule has 1 amide bonds. The van der Waals surface area contributed by atoms with Gasteiger partial charge in [-0.1, -0.05) is 13.8 Å². The number of nitrogens with one attached hydrogen (secondary N) is 1. The van der Waals surface area contributed by atoms with E-state index in [2.05, 4.69) is 21.2 Å². The van der Waals surface area contributed by atoms with Crippen molar-refractivity contribution in [2.45, 2.75) is 39.3 Å². The molecule has 100 valence electrons. The van der Waals surface area contributed by atoms with Gasteiger partial charge in [0, 0.05) is 17.2 Å². The third-order valence-electron chi connectivity index (χ3n) is 2.57. The highest BCUT2D eigenvalue weighted by Crippen LogP contribution is 2.15. The van der Waals surface area contributed by atoms with Gasteiger partial charge in [0.05, 0.1) is 0 Å². The number of carbonyl (C=O) groups is 2. The number of aromatic nitrogens is 1. The Balaban J connectivity index is 2.86. The lowest BCUT2D eigenvalue weighted by molar-refractivity contribution is -0.139. The van der Waals surface area contributed by atoms with Gasteiger partial charge in [0.1, 0.15) is 11.7 Å². The van der Waals surface area contributed by atoms with Crippen molar-refractivity contribution in [2.75, 3.05) is 0 Å². The number of nitrogens with zero attached hydrogens (tertiary/aromatic N) is 1. The van der Waals surface area contributed by atoms with Crippen molar-refractivity contribution < 1.29 is 14.7 Å². The summed E-state index contributed by atoms with van der Waals surface area (Å²) in [5.41, 5.74) is 0.475. The van der Waals surface area contributed by atoms with E-state index < -0.39 is 12.0 Å². The van der Waals surface area contributed by atoms with Crippen LogP contribution in [-0.4, -0.2) is 27.6 Å². The summed E-state index contributed by atoms with van der Waals surface area (Å²) in [6.45, 7) is 4.46. The number of carboxylic acids is 1. The summed E-state index contributed by atoms with van der Waals surface area (Å²) in [5, 5.41) is 11.4. The Bertz CT molecular complexity index is 443. The van der Waals surface area contributed by atoms with Crippen LogP contribution in [0, 0.1) is 0 Å². The highest BCUT2D eigenvalue weighted by atomic mass is 79.9. The van der Waals surface area contributed by atoms with Crippen LogP contribution in [0.15, 0.2) is 16.7 Å². The minimum Gasteiger partial charge on any atom is -0.480 e. The summed E-state index contributed by atoms with van der Waals surface area (Å²) in [6.07, 6.45) is 3.08. The van der Waals surface area contributed by atoms with E-state index in [9.17, 15) is 9.59 Å². The molecule has 18 heavy (non-hydrogen) atoms. The van der Waals surface area contributed by atoms with Crippen LogP contribution in [0.2, 0.25) is 0 Å². The third-order valence-corrected chi connectivity index (χ3v) is 3.01. The number of hydrogen-bond acceptors (Lipinski definition) is 2. The van der Waals surface area contributed by atoms with Gasteiger partial charge >= 0.3 is 5.97 Å². The molecular formula is C12H17BrN2O3. The number of carbonyl (C=O) groups excluding carboxylic acids is 1. The van der Waals surface area contributed by atoms with Crippen molar-refractivity contribution in [2.24, 2.45) is 0 Å². The molecule has 1 atom stereocenters. The Labute approximate surface area is 114 Å². The van der Waals surface area contributed by atoms with Crippen molar-refractivity contribution in [3.63, 3.8) is 0 Å². The number of rotatable bonds is 6. The van der Waals surface area contributed by atoms with Gasteiger partial charge in [-0.15, -0.1) is 0 Å². The van der Waals surface area contributed by atoms with Gasteiger partial charge in [-0.3, -0.25) is 4.79 Å². The standard InChI is InChI=1S/C12H17BrN2O3/c1-3-5-15-7-8(13)6-10(15)11(16)14-9(4-2)12(17)18/h6-7,9H,3-5H2,1-2H3,(H,14,16)(H,17,18)/t9-/m0/s1. The first kappa shape index (κ1) is 14.8. The van der Waals surface area contributed by atoms with Crippen LogP contribution in [0.25, 0.3) is 0 Å². The molecule has 1 rings (SSSR count). The fourth-order valence-corrected chi connectivity index (χ4v) is 2.13. The number of halogens is 1. The van der Waals surface area contributed by atoms with Crippen molar-refractivity contribution in [3.05, 3.63) is 22.4 Å². The molecule has 0 unspecified atom stereocenters. The summed E-state index contributed by atoms with van der Waals surface area (Å²) in [4.78, 5) is 22.9. The lowest BCUT2D eigenvalue weighted by Crippen LogP contribution is -2.40. The number of aliphatic carboxylic acids is 1. The highest BCUT2D eigenvalue weighted by molar-refractivity contribution is 9.10. The smallest absolute Gasteiger partial charge is 0.326 e. The Morgan fingerprint density at radius 2 is 2.17 bits per heavy atom. The molecule has 0 radical (unpaired) electrons. The molecule has 0 aliphatic carbocycles. The van der Waals surface area contributed by atoms with E-state index in [1.165, 1.54) is 0 Å². The molecular weight excluding hydrogens is 300 g/mol. The zero-order chi connectivity index (χ0) is 13.7. The molecule has 0 bridgehead atoms. The fourth-order valence-electron chi connectivity index (χ4n) is 1.66. The first-order valence-corrected chi connectivity index (χ1v) is 6.68. The van der Waals surface area contributed by atoms with E-state index in [0.717, 1.165) is 17.4 Å². The number of aryl methyl sites for hydroxylation is 1. The largest absolute Gasteiger partial charge is 0.480 e. The molecule has 0 aliphatic rings. The second-order valence-corrected chi connectivity index (χ2v) is 4.93. The van der Waals surface area contributed by atoms with Crippen LogP contribution in [0.4, 0.5) is 0 Å². The molecule has 1 heterocycles. The molecule has 1 aromatic rings. The molecule has 0 fully saturated rings. The Kier molecular flexibility index (Phi) is 5.40. The Morgan fingerprint density at radius 3 is 2.67 bits per heavy atom. The molecule has 1 aromatic heterocycles. The molecule has 0 aliphatic heterocycles. The quantitative estimate of drug-likeness (QED) is 0.845. The minimum absolute atomic E-state index is 0.358. The Morgan fingerprint density at radius 1 is 1.50 bits per heavy atom. The molecule has 5 nitrogen and oxygen atoms in total. The van der Waals surface area contributed by atoms with Gasteiger partial charge in [-0.2, -0.15) is 0 Å². The lowest BCUT2D eigenvalue weighted by atomic mass is 10.2. The minimum atomic E-state index is -1.02. The van der Waals surface area contributed by atoms with Crippen LogP contribution in [-0.2, 0) is 11.3 Å².